The molecule has 2 heterocycles. The fourth-order valence-electron chi connectivity index (χ4n) is 1.93. The molecule has 0 saturated carbocycles. The van der Waals surface area contributed by atoms with Gasteiger partial charge in [-0.2, -0.15) is 13.2 Å². The molecule has 4 nitrogen and oxygen atoms in total. The monoisotopic (exact) mass is 325 g/mol. The summed E-state index contributed by atoms with van der Waals surface area (Å²) >= 11 is 0. The highest BCUT2D eigenvalue weighted by Crippen LogP contribution is 2.29. The molecule has 0 spiro atoms. The topological polar surface area (TPSA) is 38.2 Å². The molecule has 2 aromatic rings. The molecule has 2 aromatic heterocycles. The lowest BCUT2D eigenvalue weighted by atomic mass is 10.1. The molecule has 0 radical (unpaired) electrons. The zero-order valence-electron chi connectivity index (χ0n) is 13.0. The van der Waals surface area contributed by atoms with Gasteiger partial charge in [0.2, 0.25) is 5.88 Å². The Balaban J connectivity index is 1.96. The minimum atomic E-state index is -4.43. The van der Waals surface area contributed by atoms with E-state index in [4.69, 9.17) is 4.74 Å². The first-order valence-electron chi connectivity index (χ1n) is 7.13. The second kappa shape index (κ2) is 7.41. The van der Waals surface area contributed by atoms with Gasteiger partial charge in [0.15, 0.2) is 0 Å². The largest absolute Gasteiger partial charge is 0.478 e. The SMILES string of the molecule is CN(C)CCCOc1ccc(-c2ccc(C(F)(F)F)nc2)cn1. The number of alkyl halides is 3. The molecule has 0 amide bonds. The lowest BCUT2D eigenvalue weighted by Crippen LogP contribution is -2.15. The molecule has 7 heteroatoms. The van der Waals surface area contributed by atoms with Crippen LogP contribution in [0.2, 0.25) is 0 Å². The number of rotatable bonds is 6. The van der Waals surface area contributed by atoms with E-state index < -0.39 is 11.9 Å². The first kappa shape index (κ1) is 17.2. The highest BCUT2D eigenvalue weighted by molar-refractivity contribution is 5.61. The van der Waals surface area contributed by atoms with Gasteiger partial charge < -0.3 is 9.64 Å². The Bertz CT molecular complexity index is 610. The minimum absolute atomic E-state index is 0.493. The summed E-state index contributed by atoms with van der Waals surface area (Å²) in [6, 6.07) is 5.78. The normalized spacial score (nSPS) is 11.7. The third-order valence-electron chi connectivity index (χ3n) is 3.12. The van der Waals surface area contributed by atoms with Crippen molar-refractivity contribution in [2.24, 2.45) is 0 Å². The van der Waals surface area contributed by atoms with Crippen LogP contribution in [0.5, 0.6) is 5.88 Å². The molecule has 0 aliphatic carbocycles. The molecule has 0 N–H and O–H groups in total. The molecule has 0 atom stereocenters. The van der Waals surface area contributed by atoms with Gasteiger partial charge in [0, 0.05) is 36.1 Å². The predicted molar refractivity (Wildman–Crippen MR) is 81.1 cm³/mol. The van der Waals surface area contributed by atoms with Crippen molar-refractivity contribution in [1.29, 1.82) is 0 Å². The first-order valence-corrected chi connectivity index (χ1v) is 7.13. The summed E-state index contributed by atoms with van der Waals surface area (Å²) < 4.78 is 42.9. The van der Waals surface area contributed by atoms with Gasteiger partial charge in [-0.05, 0) is 32.6 Å². The smallest absolute Gasteiger partial charge is 0.433 e. The van der Waals surface area contributed by atoms with Crippen molar-refractivity contribution in [3.8, 4) is 17.0 Å². The zero-order valence-corrected chi connectivity index (χ0v) is 13.0. The zero-order chi connectivity index (χ0) is 16.9. The van der Waals surface area contributed by atoms with E-state index in [1.54, 1.807) is 18.3 Å². The number of nitrogens with zero attached hydrogens (tertiary/aromatic N) is 3. The van der Waals surface area contributed by atoms with E-state index in [9.17, 15) is 13.2 Å². The summed E-state index contributed by atoms with van der Waals surface area (Å²) in [5.74, 6) is 0.493. The second-order valence-electron chi connectivity index (χ2n) is 5.32. The number of hydrogen-bond donors (Lipinski definition) is 0. The first-order chi connectivity index (χ1) is 10.9. The summed E-state index contributed by atoms with van der Waals surface area (Å²) in [5.41, 5.74) is 0.353. The Kier molecular flexibility index (Phi) is 5.54. The maximum atomic E-state index is 12.5. The molecule has 0 fully saturated rings. The summed E-state index contributed by atoms with van der Waals surface area (Å²) in [4.78, 5) is 9.66. The van der Waals surface area contributed by atoms with Crippen LogP contribution in [0.1, 0.15) is 12.1 Å². The summed E-state index contributed by atoms with van der Waals surface area (Å²) in [5, 5.41) is 0. The van der Waals surface area contributed by atoms with Crippen LogP contribution in [0, 0.1) is 0 Å². The molecule has 0 saturated heterocycles. The van der Waals surface area contributed by atoms with Crippen LogP contribution in [0.4, 0.5) is 13.2 Å². The van der Waals surface area contributed by atoms with Crippen LogP contribution in [-0.2, 0) is 6.18 Å². The third-order valence-corrected chi connectivity index (χ3v) is 3.12. The highest BCUT2D eigenvalue weighted by Gasteiger charge is 2.32. The molecule has 124 valence electrons. The Morgan fingerprint density at radius 3 is 2.13 bits per heavy atom. The van der Waals surface area contributed by atoms with Gasteiger partial charge in [-0.15, -0.1) is 0 Å². The fourth-order valence-corrected chi connectivity index (χ4v) is 1.93. The van der Waals surface area contributed by atoms with Crippen molar-refractivity contribution in [2.75, 3.05) is 27.2 Å². The van der Waals surface area contributed by atoms with Crippen molar-refractivity contribution < 1.29 is 17.9 Å². The maximum absolute atomic E-state index is 12.5. The summed E-state index contributed by atoms with van der Waals surface area (Å²) in [6.07, 6.45) is -0.788. The van der Waals surface area contributed by atoms with Gasteiger partial charge in [-0.3, -0.25) is 4.98 Å². The standard InChI is InChI=1S/C16H18F3N3O/c1-22(2)8-3-9-23-15-7-5-13(11-21-15)12-4-6-14(20-10-12)16(17,18)19/h4-7,10-11H,3,8-9H2,1-2H3. The fraction of sp³-hybridized carbons (Fsp3) is 0.375. The lowest BCUT2D eigenvalue weighted by Gasteiger charge is -2.10. The van der Waals surface area contributed by atoms with Gasteiger partial charge >= 0.3 is 6.18 Å². The summed E-state index contributed by atoms with van der Waals surface area (Å²) in [7, 11) is 3.98. The number of halogens is 3. The van der Waals surface area contributed by atoms with E-state index in [2.05, 4.69) is 14.9 Å². The van der Waals surface area contributed by atoms with E-state index in [0.717, 1.165) is 19.0 Å². The Morgan fingerprint density at radius 2 is 1.65 bits per heavy atom. The number of pyridine rings is 2. The summed E-state index contributed by atoms with van der Waals surface area (Å²) in [6.45, 7) is 1.49. The van der Waals surface area contributed by atoms with Gasteiger partial charge in [0.25, 0.3) is 0 Å². The highest BCUT2D eigenvalue weighted by atomic mass is 19.4. The van der Waals surface area contributed by atoms with Crippen molar-refractivity contribution in [1.82, 2.24) is 14.9 Å². The van der Waals surface area contributed by atoms with E-state index in [1.165, 1.54) is 12.3 Å². The Hall–Kier alpha value is -2.15. The van der Waals surface area contributed by atoms with Crippen molar-refractivity contribution in [3.05, 3.63) is 42.4 Å². The van der Waals surface area contributed by atoms with Crippen LogP contribution in [0.15, 0.2) is 36.7 Å². The van der Waals surface area contributed by atoms with E-state index in [0.29, 0.717) is 23.6 Å². The van der Waals surface area contributed by atoms with Gasteiger partial charge in [0.1, 0.15) is 5.69 Å². The van der Waals surface area contributed by atoms with Gasteiger partial charge in [0.05, 0.1) is 6.61 Å². The molecule has 23 heavy (non-hydrogen) atoms. The van der Waals surface area contributed by atoms with Crippen LogP contribution in [0.3, 0.4) is 0 Å². The van der Waals surface area contributed by atoms with Crippen LogP contribution >= 0.6 is 0 Å². The number of aromatic nitrogens is 2. The van der Waals surface area contributed by atoms with E-state index in [-0.39, 0.29) is 0 Å². The lowest BCUT2D eigenvalue weighted by molar-refractivity contribution is -0.141. The predicted octanol–water partition coefficient (Wildman–Crippen LogP) is 3.49. The van der Waals surface area contributed by atoms with E-state index in [1.807, 2.05) is 14.1 Å². The molecular weight excluding hydrogens is 307 g/mol. The van der Waals surface area contributed by atoms with Crippen molar-refractivity contribution >= 4 is 0 Å². The number of ether oxygens (including phenoxy) is 1. The molecule has 0 aromatic carbocycles. The minimum Gasteiger partial charge on any atom is -0.478 e. The quantitative estimate of drug-likeness (QED) is 0.762. The van der Waals surface area contributed by atoms with Crippen LogP contribution in [0.25, 0.3) is 11.1 Å². The van der Waals surface area contributed by atoms with Crippen LogP contribution in [-0.4, -0.2) is 42.1 Å². The Labute approximate surface area is 132 Å². The number of hydrogen-bond acceptors (Lipinski definition) is 4. The molecule has 2 rings (SSSR count). The molecular formula is C16H18F3N3O. The molecule has 0 aliphatic heterocycles. The molecule has 0 bridgehead atoms. The van der Waals surface area contributed by atoms with Gasteiger partial charge in [-0.25, -0.2) is 4.98 Å². The van der Waals surface area contributed by atoms with Crippen molar-refractivity contribution in [2.45, 2.75) is 12.6 Å². The van der Waals surface area contributed by atoms with Gasteiger partial charge in [-0.1, -0.05) is 6.07 Å². The molecule has 0 unspecified atom stereocenters. The average molecular weight is 325 g/mol. The average Bonchev–Trinajstić information content (AvgIpc) is 2.51. The van der Waals surface area contributed by atoms with E-state index >= 15 is 0 Å². The van der Waals surface area contributed by atoms with Crippen molar-refractivity contribution in [3.63, 3.8) is 0 Å². The maximum Gasteiger partial charge on any atom is 0.433 e. The third kappa shape index (κ3) is 5.21. The second-order valence-corrected chi connectivity index (χ2v) is 5.32. The molecule has 0 aliphatic rings. The van der Waals surface area contributed by atoms with Crippen LogP contribution < -0.4 is 4.74 Å². The Morgan fingerprint density at radius 1 is 1.00 bits per heavy atom.